The van der Waals surface area contributed by atoms with Gasteiger partial charge in [0.1, 0.15) is 6.04 Å². The number of aliphatic carboxylic acids is 1. The first-order valence-electron chi connectivity index (χ1n) is 4.47. The van der Waals surface area contributed by atoms with Crippen molar-refractivity contribution in [3.63, 3.8) is 0 Å². The van der Waals surface area contributed by atoms with Crippen LogP contribution in [-0.4, -0.2) is 43.2 Å². The summed E-state index contributed by atoms with van der Waals surface area (Å²) in [5, 5.41) is 8.81. The van der Waals surface area contributed by atoms with E-state index in [2.05, 4.69) is 12.6 Å². The fourth-order valence-corrected chi connectivity index (χ4v) is 2.39. The van der Waals surface area contributed by atoms with Gasteiger partial charge >= 0.3 is 13.7 Å². The number of hydrogen-bond donors (Lipinski definition) is 4. The molecule has 0 aliphatic carbocycles. The topological polar surface area (TPSA) is 115 Å². The molecule has 0 heterocycles. The maximum atomic E-state index is 11.3. The van der Waals surface area contributed by atoms with Gasteiger partial charge in [-0.1, -0.05) is 6.92 Å². The number of amides is 1. The van der Waals surface area contributed by atoms with Crippen molar-refractivity contribution in [1.82, 2.24) is 4.67 Å². The van der Waals surface area contributed by atoms with Gasteiger partial charge in [-0.25, -0.2) is 14.0 Å². The van der Waals surface area contributed by atoms with Gasteiger partial charge in [-0.2, -0.15) is 12.6 Å². The molecule has 16 heavy (non-hydrogen) atoms. The fraction of sp³-hybridized carbons (Fsp3) is 0.714. The molecule has 0 radical (unpaired) electrons. The van der Waals surface area contributed by atoms with Gasteiger partial charge in [0.05, 0.1) is 0 Å². The van der Waals surface area contributed by atoms with Crippen LogP contribution in [0.15, 0.2) is 0 Å². The largest absolute Gasteiger partial charge is 0.480 e. The van der Waals surface area contributed by atoms with Crippen molar-refractivity contribution < 1.29 is 29.0 Å². The second-order valence-electron chi connectivity index (χ2n) is 2.97. The van der Waals surface area contributed by atoms with E-state index >= 15 is 0 Å². The number of carbonyl (C=O) groups is 2. The number of rotatable bonds is 6. The van der Waals surface area contributed by atoms with Crippen LogP contribution in [-0.2, 0) is 14.2 Å². The predicted molar refractivity (Wildman–Crippen MR) is 59.1 cm³/mol. The Bertz CT molecular complexity index is 316. The summed E-state index contributed by atoms with van der Waals surface area (Å²) in [7, 11) is -4.92. The van der Waals surface area contributed by atoms with Crippen LogP contribution in [0.4, 0.5) is 0 Å². The highest BCUT2D eigenvalue weighted by Gasteiger charge is 2.39. The highest BCUT2D eigenvalue weighted by atomic mass is 32.1. The second kappa shape index (κ2) is 6.24. The first kappa shape index (κ1) is 15.4. The Morgan fingerprint density at radius 2 is 1.94 bits per heavy atom. The quantitative estimate of drug-likeness (QED) is 0.402. The lowest BCUT2D eigenvalue weighted by atomic mass is 10.2. The van der Waals surface area contributed by atoms with Crippen LogP contribution in [0.25, 0.3) is 0 Å². The number of carbonyl (C=O) groups excluding carboxylic acids is 1. The Morgan fingerprint density at radius 3 is 2.19 bits per heavy atom. The van der Waals surface area contributed by atoms with Crippen molar-refractivity contribution in [3.8, 4) is 0 Å². The summed E-state index contributed by atoms with van der Waals surface area (Å²) in [6.45, 7) is 1.39. The number of carboxylic acids is 1. The van der Waals surface area contributed by atoms with E-state index in [4.69, 9.17) is 14.9 Å². The molecule has 0 aliphatic rings. The third-order valence-electron chi connectivity index (χ3n) is 1.82. The predicted octanol–water partition coefficient (Wildman–Crippen LogP) is 0.0908. The zero-order valence-corrected chi connectivity index (χ0v) is 10.4. The molecule has 0 aliphatic heterocycles. The number of nitrogens with zero attached hydrogens (tertiary/aromatic N) is 1. The summed E-state index contributed by atoms with van der Waals surface area (Å²) in [4.78, 5) is 40.1. The SMILES string of the molecule is CCC(=O)N(C(CCS)C(=O)O)P(=O)(O)O. The van der Waals surface area contributed by atoms with E-state index in [1.165, 1.54) is 6.92 Å². The maximum absolute atomic E-state index is 11.3. The van der Waals surface area contributed by atoms with Crippen LogP contribution in [0.5, 0.6) is 0 Å². The van der Waals surface area contributed by atoms with Crippen molar-refractivity contribution in [3.05, 3.63) is 0 Å². The lowest BCUT2D eigenvalue weighted by Crippen LogP contribution is -2.42. The first-order valence-corrected chi connectivity index (χ1v) is 6.67. The van der Waals surface area contributed by atoms with Gasteiger partial charge in [0.2, 0.25) is 5.91 Å². The summed E-state index contributed by atoms with van der Waals surface area (Å²) >= 11 is 3.79. The molecule has 0 aromatic rings. The van der Waals surface area contributed by atoms with Gasteiger partial charge in [0.15, 0.2) is 0 Å². The van der Waals surface area contributed by atoms with E-state index < -0.39 is 25.7 Å². The standard InChI is InChI=1S/C7H14NO6PS/c1-2-6(9)8(15(12,13)14)5(3-4-16)7(10)11/h5,16H,2-4H2,1H3,(H,10,11)(H2,12,13,14). The lowest BCUT2D eigenvalue weighted by Gasteiger charge is -2.28. The Labute approximate surface area is 98.1 Å². The number of carboxylic acid groups (broad SMARTS) is 1. The molecule has 0 saturated carbocycles. The molecule has 1 atom stereocenters. The van der Waals surface area contributed by atoms with Crippen LogP contribution < -0.4 is 0 Å². The van der Waals surface area contributed by atoms with E-state index in [0.717, 1.165) is 0 Å². The van der Waals surface area contributed by atoms with Crippen LogP contribution in [0, 0.1) is 0 Å². The Hall–Kier alpha value is -0.560. The molecule has 7 nitrogen and oxygen atoms in total. The molecule has 0 fully saturated rings. The third-order valence-corrected chi connectivity index (χ3v) is 3.14. The third kappa shape index (κ3) is 4.13. The summed E-state index contributed by atoms with van der Waals surface area (Å²) in [6.07, 6.45) is -0.309. The zero-order valence-electron chi connectivity index (χ0n) is 8.61. The minimum atomic E-state index is -4.92. The van der Waals surface area contributed by atoms with E-state index in [0.29, 0.717) is 0 Å². The van der Waals surface area contributed by atoms with E-state index in [-0.39, 0.29) is 23.3 Å². The zero-order chi connectivity index (χ0) is 12.9. The molecular formula is C7H14NO6PS. The minimum Gasteiger partial charge on any atom is -0.480 e. The van der Waals surface area contributed by atoms with Gasteiger partial charge in [0, 0.05) is 6.42 Å². The highest BCUT2D eigenvalue weighted by Crippen LogP contribution is 2.43. The molecule has 0 bridgehead atoms. The maximum Gasteiger partial charge on any atom is 0.433 e. The van der Waals surface area contributed by atoms with Crippen LogP contribution in [0.3, 0.4) is 0 Å². The van der Waals surface area contributed by atoms with E-state index in [1.54, 1.807) is 0 Å². The summed E-state index contributed by atoms with van der Waals surface area (Å²) in [5.74, 6) is -2.26. The van der Waals surface area contributed by atoms with Crippen molar-refractivity contribution >= 4 is 32.3 Å². The van der Waals surface area contributed by atoms with Crippen molar-refractivity contribution in [2.24, 2.45) is 0 Å². The van der Waals surface area contributed by atoms with Crippen LogP contribution in [0.2, 0.25) is 0 Å². The average molecular weight is 271 g/mol. The average Bonchev–Trinajstić information content (AvgIpc) is 2.14. The monoisotopic (exact) mass is 271 g/mol. The highest BCUT2D eigenvalue weighted by molar-refractivity contribution is 7.80. The molecule has 0 saturated heterocycles. The Kier molecular flexibility index (Phi) is 6.02. The van der Waals surface area contributed by atoms with E-state index in [9.17, 15) is 14.2 Å². The second-order valence-corrected chi connectivity index (χ2v) is 4.88. The molecule has 1 amide bonds. The minimum absolute atomic E-state index is 0.102. The molecule has 1 unspecified atom stereocenters. The van der Waals surface area contributed by atoms with Crippen molar-refractivity contribution in [1.29, 1.82) is 0 Å². The molecule has 0 aromatic heterocycles. The van der Waals surface area contributed by atoms with Gasteiger partial charge in [-0.15, -0.1) is 0 Å². The summed E-state index contributed by atoms with van der Waals surface area (Å²) < 4.78 is 11.2. The molecule has 94 valence electrons. The summed E-state index contributed by atoms with van der Waals surface area (Å²) in [6, 6.07) is -1.55. The smallest absolute Gasteiger partial charge is 0.433 e. The van der Waals surface area contributed by atoms with E-state index in [1.807, 2.05) is 0 Å². The molecule has 0 aromatic carbocycles. The van der Waals surface area contributed by atoms with Gasteiger partial charge in [-0.05, 0) is 12.2 Å². The van der Waals surface area contributed by atoms with Gasteiger partial charge < -0.3 is 14.9 Å². The number of hydrogen-bond acceptors (Lipinski definition) is 4. The Balaban J connectivity index is 5.21. The van der Waals surface area contributed by atoms with Gasteiger partial charge in [0.25, 0.3) is 0 Å². The van der Waals surface area contributed by atoms with Gasteiger partial charge in [-0.3, -0.25) is 4.79 Å². The van der Waals surface area contributed by atoms with Crippen LogP contribution in [0.1, 0.15) is 19.8 Å². The summed E-state index contributed by atoms with van der Waals surface area (Å²) in [5.41, 5.74) is 0. The molecule has 0 spiro atoms. The molecule has 9 heteroatoms. The molecule has 0 rings (SSSR count). The molecular weight excluding hydrogens is 257 g/mol. The Morgan fingerprint density at radius 1 is 1.44 bits per heavy atom. The number of thiol groups is 1. The van der Waals surface area contributed by atoms with Crippen molar-refractivity contribution in [2.45, 2.75) is 25.8 Å². The van der Waals surface area contributed by atoms with Crippen LogP contribution >= 0.6 is 20.4 Å². The lowest BCUT2D eigenvalue weighted by molar-refractivity contribution is -0.147. The van der Waals surface area contributed by atoms with Crippen molar-refractivity contribution in [2.75, 3.05) is 5.75 Å². The fourth-order valence-electron chi connectivity index (χ4n) is 1.14. The molecule has 3 N–H and O–H groups in total. The normalized spacial score (nSPS) is 13.2. The first-order chi connectivity index (χ1) is 7.25.